The quantitative estimate of drug-likeness (QED) is 0.798. The third-order valence-electron chi connectivity index (χ3n) is 1.91. The van der Waals surface area contributed by atoms with Gasteiger partial charge in [-0.05, 0) is 18.2 Å². The molecule has 0 saturated heterocycles. The molecule has 0 aliphatic heterocycles. The van der Waals surface area contributed by atoms with Crippen LogP contribution >= 0.6 is 15.9 Å². The van der Waals surface area contributed by atoms with E-state index >= 15 is 0 Å². The van der Waals surface area contributed by atoms with Crippen molar-refractivity contribution in [3.63, 3.8) is 0 Å². The van der Waals surface area contributed by atoms with Crippen molar-refractivity contribution in [3.8, 4) is 0 Å². The summed E-state index contributed by atoms with van der Waals surface area (Å²) in [6.45, 7) is 0. The molecule has 7 heteroatoms. The normalized spacial score (nSPS) is 11.1. The second-order valence-electron chi connectivity index (χ2n) is 3.11. The molecule has 0 aromatic heterocycles. The Bertz CT molecular complexity index is 513. The summed E-state index contributed by atoms with van der Waals surface area (Å²) >= 11 is 3.15. The topological polar surface area (TPSA) is 89.3 Å². The average Bonchev–Trinajstić information content (AvgIpc) is 2.20. The van der Waals surface area contributed by atoms with E-state index in [-0.39, 0.29) is 10.6 Å². The van der Waals surface area contributed by atoms with Crippen LogP contribution in [0, 0.1) is 0 Å². The number of hydrogen-bond donors (Lipinski definition) is 2. The fourth-order valence-electron chi connectivity index (χ4n) is 1.10. The molecule has 0 aliphatic carbocycles. The molecule has 0 atom stereocenters. The highest BCUT2D eigenvalue weighted by molar-refractivity contribution is 9.10. The summed E-state index contributed by atoms with van der Waals surface area (Å²) in [6.07, 6.45) is 0. The number of halogens is 1. The fourth-order valence-corrected chi connectivity index (χ4v) is 2.99. The number of anilines is 1. The van der Waals surface area contributed by atoms with Crippen LogP contribution in [0.15, 0.2) is 27.6 Å². The van der Waals surface area contributed by atoms with E-state index in [2.05, 4.69) is 21.2 Å². The Balaban J connectivity index is 3.17. The smallest absolute Gasteiger partial charge is 0.235 e. The molecule has 0 radical (unpaired) electrons. The van der Waals surface area contributed by atoms with Crippen LogP contribution < -0.4 is 11.1 Å². The van der Waals surface area contributed by atoms with Gasteiger partial charge in [0.05, 0.1) is 10.6 Å². The van der Waals surface area contributed by atoms with Crippen LogP contribution in [0.5, 0.6) is 0 Å². The number of nitrogen functional groups attached to an aromatic ring is 1. The molecular formula is C9H11BrN2O3S. The number of carbonyl (C=O) groups is 1. The molecule has 1 amide bonds. The largest absolute Gasteiger partial charge is 0.398 e. The number of carbonyl (C=O) groups excluding carboxylic acids is 1. The number of benzene rings is 1. The third kappa shape index (κ3) is 2.96. The molecular weight excluding hydrogens is 296 g/mol. The molecule has 3 N–H and O–H groups in total. The van der Waals surface area contributed by atoms with Gasteiger partial charge < -0.3 is 11.1 Å². The van der Waals surface area contributed by atoms with Gasteiger partial charge in [-0.2, -0.15) is 0 Å². The van der Waals surface area contributed by atoms with Crippen molar-refractivity contribution in [2.75, 3.05) is 18.5 Å². The minimum Gasteiger partial charge on any atom is -0.398 e. The van der Waals surface area contributed by atoms with E-state index in [9.17, 15) is 13.2 Å². The van der Waals surface area contributed by atoms with Gasteiger partial charge in [0, 0.05) is 11.5 Å². The first-order chi connectivity index (χ1) is 7.36. The van der Waals surface area contributed by atoms with E-state index in [1.807, 2.05) is 0 Å². The molecule has 16 heavy (non-hydrogen) atoms. The van der Waals surface area contributed by atoms with Crippen LogP contribution in [0.4, 0.5) is 5.69 Å². The Hall–Kier alpha value is -1.08. The fraction of sp³-hybridized carbons (Fsp3) is 0.222. The molecule has 0 bridgehead atoms. The van der Waals surface area contributed by atoms with Gasteiger partial charge in [0.25, 0.3) is 0 Å². The van der Waals surface area contributed by atoms with Gasteiger partial charge in [0.15, 0.2) is 9.84 Å². The lowest BCUT2D eigenvalue weighted by molar-refractivity contribution is -0.118. The van der Waals surface area contributed by atoms with Gasteiger partial charge in [-0.1, -0.05) is 15.9 Å². The van der Waals surface area contributed by atoms with Gasteiger partial charge in [0.2, 0.25) is 5.91 Å². The molecule has 1 aromatic rings. The highest BCUT2D eigenvalue weighted by atomic mass is 79.9. The first-order valence-electron chi connectivity index (χ1n) is 4.35. The van der Waals surface area contributed by atoms with Crippen molar-refractivity contribution in [2.45, 2.75) is 4.90 Å². The van der Waals surface area contributed by atoms with Gasteiger partial charge in [-0.25, -0.2) is 8.42 Å². The van der Waals surface area contributed by atoms with Crippen LogP contribution in [0.2, 0.25) is 0 Å². The third-order valence-corrected chi connectivity index (χ3v) is 4.07. The number of amides is 1. The van der Waals surface area contributed by atoms with Gasteiger partial charge in [-0.3, -0.25) is 4.79 Å². The van der Waals surface area contributed by atoms with E-state index in [4.69, 9.17) is 5.73 Å². The van der Waals surface area contributed by atoms with Crippen molar-refractivity contribution in [3.05, 3.63) is 22.7 Å². The summed E-state index contributed by atoms with van der Waals surface area (Å²) in [7, 11) is -2.31. The minimum absolute atomic E-state index is 0.0366. The summed E-state index contributed by atoms with van der Waals surface area (Å²) in [5.41, 5.74) is 5.69. The Labute approximate surface area is 102 Å². The van der Waals surface area contributed by atoms with Crippen molar-refractivity contribution in [1.29, 1.82) is 0 Å². The summed E-state index contributed by atoms with van der Waals surface area (Å²) in [5, 5.41) is 2.25. The van der Waals surface area contributed by atoms with Crippen LogP contribution in [0.25, 0.3) is 0 Å². The van der Waals surface area contributed by atoms with Crippen molar-refractivity contribution in [2.24, 2.45) is 0 Å². The van der Waals surface area contributed by atoms with E-state index in [0.29, 0.717) is 4.47 Å². The van der Waals surface area contributed by atoms with Crippen molar-refractivity contribution in [1.82, 2.24) is 5.32 Å². The van der Waals surface area contributed by atoms with Crippen LogP contribution in [0.3, 0.4) is 0 Å². The number of nitrogens with two attached hydrogens (primary N) is 1. The molecule has 0 unspecified atom stereocenters. The molecule has 0 spiro atoms. The molecule has 0 aliphatic rings. The molecule has 0 saturated carbocycles. The highest BCUT2D eigenvalue weighted by Gasteiger charge is 2.21. The van der Waals surface area contributed by atoms with Crippen LogP contribution in [-0.4, -0.2) is 27.1 Å². The molecule has 1 aromatic carbocycles. The van der Waals surface area contributed by atoms with Gasteiger partial charge in [-0.15, -0.1) is 0 Å². The lowest BCUT2D eigenvalue weighted by Gasteiger charge is -2.07. The van der Waals surface area contributed by atoms with E-state index in [1.165, 1.54) is 19.2 Å². The standard InChI is InChI=1S/C9H11BrN2O3S/c1-12-9(13)5-16(14,15)8-4-6(10)2-3-7(8)11/h2-4H,5,11H2,1H3,(H,12,13). The maximum Gasteiger partial charge on any atom is 0.235 e. The monoisotopic (exact) mass is 306 g/mol. The first kappa shape index (κ1) is 13.0. The van der Waals surface area contributed by atoms with E-state index in [0.717, 1.165) is 0 Å². The zero-order valence-electron chi connectivity index (χ0n) is 8.53. The van der Waals surface area contributed by atoms with Crippen molar-refractivity contribution >= 4 is 37.4 Å². The van der Waals surface area contributed by atoms with E-state index < -0.39 is 21.5 Å². The number of hydrogen-bond acceptors (Lipinski definition) is 4. The second-order valence-corrected chi connectivity index (χ2v) is 5.99. The highest BCUT2D eigenvalue weighted by Crippen LogP contribution is 2.23. The molecule has 5 nitrogen and oxygen atoms in total. The Morgan fingerprint density at radius 2 is 2.12 bits per heavy atom. The molecule has 0 fully saturated rings. The van der Waals surface area contributed by atoms with Crippen molar-refractivity contribution < 1.29 is 13.2 Å². The Kier molecular flexibility index (Phi) is 3.93. The lowest BCUT2D eigenvalue weighted by atomic mass is 10.3. The second kappa shape index (κ2) is 4.84. The van der Waals surface area contributed by atoms with Gasteiger partial charge >= 0.3 is 0 Å². The first-order valence-corrected chi connectivity index (χ1v) is 6.79. The predicted molar refractivity (Wildman–Crippen MR) is 64.7 cm³/mol. The Morgan fingerprint density at radius 3 is 2.69 bits per heavy atom. The molecule has 0 heterocycles. The Morgan fingerprint density at radius 1 is 1.50 bits per heavy atom. The summed E-state index contributed by atoms with van der Waals surface area (Å²) in [4.78, 5) is 11.0. The average molecular weight is 307 g/mol. The van der Waals surface area contributed by atoms with E-state index in [1.54, 1.807) is 6.07 Å². The summed E-state index contributed by atoms with van der Waals surface area (Å²) < 4.78 is 24.2. The molecule has 88 valence electrons. The number of rotatable bonds is 3. The maximum absolute atomic E-state index is 11.8. The summed E-state index contributed by atoms with van der Waals surface area (Å²) in [6, 6.07) is 4.49. The maximum atomic E-state index is 11.8. The zero-order chi connectivity index (χ0) is 12.3. The summed E-state index contributed by atoms with van der Waals surface area (Å²) in [5.74, 6) is -1.18. The number of nitrogens with one attached hydrogen (secondary N) is 1. The van der Waals surface area contributed by atoms with Gasteiger partial charge in [0.1, 0.15) is 5.75 Å². The molecule has 1 rings (SSSR count). The lowest BCUT2D eigenvalue weighted by Crippen LogP contribution is -2.27. The zero-order valence-corrected chi connectivity index (χ0v) is 10.9. The number of sulfone groups is 1. The SMILES string of the molecule is CNC(=O)CS(=O)(=O)c1cc(Br)ccc1N. The minimum atomic E-state index is -3.69. The predicted octanol–water partition coefficient (Wildman–Crippen LogP) is 0.551. The van der Waals surface area contributed by atoms with Crippen LogP contribution in [-0.2, 0) is 14.6 Å². The van der Waals surface area contributed by atoms with Crippen LogP contribution in [0.1, 0.15) is 0 Å².